The van der Waals surface area contributed by atoms with Crippen molar-refractivity contribution in [1.29, 1.82) is 0 Å². The number of ether oxygens (including phenoxy) is 4. The summed E-state index contributed by atoms with van der Waals surface area (Å²) in [6, 6.07) is -1.55. The molecule has 338 valence electrons. The quantitative estimate of drug-likeness (QED) is 0.0288. The predicted molar refractivity (Wildman–Crippen MR) is 217 cm³/mol. The SMILES string of the molecule is NCN[C@@H](CCCCNC(=O)COCCOCCNC(=O)COCCOCCNC(=O)CCCCCCCCCCCCCCC(=O)O)C(=O)CN[C@@H](CO)C(N)=O. The number of ketones is 1. The number of Topliss-reactive ketones (excluding diaryl/α,β-unsaturated/α-hetero) is 1. The largest absolute Gasteiger partial charge is 0.481 e. The highest BCUT2D eigenvalue weighted by molar-refractivity contribution is 5.87. The fraction of sp³-hybridized carbons (Fsp3) is 0.846. The van der Waals surface area contributed by atoms with Gasteiger partial charge in [-0.1, -0.05) is 64.2 Å². The number of unbranched alkanes of at least 4 members (excludes halogenated alkanes) is 12. The number of amides is 4. The summed E-state index contributed by atoms with van der Waals surface area (Å²) in [5.41, 5.74) is 10.7. The monoisotopic (exact) mass is 834 g/mol. The van der Waals surface area contributed by atoms with Crippen LogP contribution in [0.5, 0.6) is 0 Å². The first-order chi connectivity index (χ1) is 28.1. The first kappa shape index (κ1) is 54.7. The number of primary amides is 1. The third kappa shape index (κ3) is 37.0. The van der Waals surface area contributed by atoms with E-state index in [4.69, 9.17) is 40.6 Å². The number of nitrogens with one attached hydrogen (secondary N) is 5. The van der Waals surface area contributed by atoms with Crippen LogP contribution in [0.15, 0.2) is 0 Å². The van der Waals surface area contributed by atoms with Crippen LogP contribution in [0.1, 0.15) is 109 Å². The molecule has 0 aliphatic carbocycles. The number of carbonyl (C=O) groups excluding carboxylic acids is 5. The van der Waals surface area contributed by atoms with E-state index in [9.17, 15) is 28.8 Å². The Hall–Kier alpha value is -3.30. The molecule has 2 atom stereocenters. The minimum absolute atomic E-state index is 0.0251. The van der Waals surface area contributed by atoms with Gasteiger partial charge in [0.25, 0.3) is 0 Å². The molecule has 0 rings (SSSR count). The summed E-state index contributed by atoms with van der Waals surface area (Å²) in [5.74, 6) is -2.22. The van der Waals surface area contributed by atoms with Gasteiger partial charge < -0.3 is 56.6 Å². The second-order valence-electron chi connectivity index (χ2n) is 14.0. The number of carbonyl (C=O) groups is 6. The number of hydrogen-bond donors (Lipinski definition) is 9. The number of rotatable bonds is 44. The van der Waals surface area contributed by atoms with E-state index in [-0.39, 0.29) is 82.8 Å². The highest BCUT2D eigenvalue weighted by Crippen LogP contribution is 2.13. The number of carboxylic acids is 1. The van der Waals surface area contributed by atoms with E-state index in [0.29, 0.717) is 58.5 Å². The van der Waals surface area contributed by atoms with E-state index in [1.54, 1.807) is 0 Å². The van der Waals surface area contributed by atoms with Crippen LogP contribution in [0.25, 0.3) is 0 Å². The van der Waals surface area contributed by atoms with Crippen molar-refractivity contribution >= 4 is 35.4 Å². The fourth-order valence-electron chi connectivity index (χ4n) is 5.64. The maximum Gasteiger partial charge on any atom is 0.303 e. The number of aliphatic carboxylic acids is 1. The molecule has 0 radical (unpaired) electrons. The van der Waals surface area contributed by atoms with Crippen molar-refractivity contribution in [1.82, 2.24) is 26.6 Å². The van der Waals surface area contributed by atoms with E-state index >= 15 is 0 Å². The minimum Gasteiger partial charge on any atom is -0.481 e. The Bertz CT molecular complexity index is 1090. The molecule has 0 aromatic carbocycles. The molecule has 0 aliphatic heterocycles. The van der Waals surface area contributed by atoms with E-state index < -0.39 is 30.6 Å². The van der Waals surface area contributed by atoms with Gasteiger partial charge in [-0.2, -0.15) is 0 Å². The van der Waals surface area contributed by atoms with Crippen molar-refractivity contribution < 1.29 is 57.9 Å². The van der Waals surface area contributed by atoms with Crippen molar-refractivity contribution in [3.8, 4) is 0 Å². The Labute approximate surface area is 344 Å². The van der Waals surface area contributed by atoms with Crippen LogP contribution in [-0.4, -0.2) is 150 Å². The van der Waals surface area contributed by atoms with Crippen LogP contribution in [0, 0.1) is 0 Å². The average molecular weight is 834 g/mol. The lowest BCUT2D eigenvalue weighted by atomic mass is 10.0. The molecule has 0 aliphatic rings. The van der Waals surface area contributed by atoms with Crippen LogP contribution in [-0.2, 0) is 47.7 Å². The Morgan fingerprint density at radius 2 is 0.983 bits per heavy atom. The predicted octanol–water partition coefficient (Wildman–Crippen LogP) is -0.00300. The van der Waals surface area contributed by atoms with Crippen LogP contribution in [0.3, 0.4) is 0 Å². The molecule has 0 aromatic rings. The summed E-state index contributed by atoms with van der Waals surface area (Å²) in [7, 11) is 0. The van der Waals surface area contributed by atoms with Gasteiger partial charge in [0, 0.05) is 39.1 Å². The Morgan fingerprint density at radius 1 is 0.517 bits per heavy atom. The van der Waals surface area contributed by atoms with E-state index in [1.165, 1.54) is 38.5 Å². The van der Waals surface area contributed by atoms with Gasteiger partial charge in [-0.25, -0.2) is 0 Å². The van der Waals surface area contributed by atoms with Gasteiger partial charge in [-0.15, -0.1) is 0 Å². The number of aliphatic hydroxyl groups excluding tert-OH is 1. The second kappa shape index (κ2) is 40.5. The zero-order valence-electron chi connectivity index (χ0n) is 34.7. The maximum absolute atomic E-state index is 12.4. The van der Waals surface area contributed by atoms with Gasteiger partial charge in [-0.3, -0.25) is 39.4 Å². The maximum atomic E-state index is 12.4. The van der Waals surface area contributed by atoms with Crippen LogP contribution < -0.4 is 38.1 Å². The lowest BCUT2D eigenvalue weighted by Gasteiger charge is -2.18. The summed E-state index contributed by atoms with van der Waals surface area (Å²) in [4.78, 5) is 70.0. The smallest absolute Gasteiger partial charge is 0.303 e. The molecule has 11 N–H and O–H groups in total. The second-order valence-corrected chi connectivity index (χ2v) is 14.0. The molecule has 19 nitrogen and oxygen atoms in total. The average Bonchev–Trinajstić information content (AvgIpc) is 3.19. The fourth-order valence-corrected chi connectivity index (χ4v) is 5.64. The summed E-state index contributed by atoms with van der Waals surface area (Å²) < 4.78 is 21.5. The van der Waals surface area contributed by atoms with E-state index in [2.05, 4.69) is 26.6 Å². The summed E-state index contributed by atoms with van der Waals surface area (Å²) >= 11 is 0. The summed E-state index contributed by atoms with van der Waals surface area (Å²) in [6.07, 6.45) is 15.8. The van der Waals surface area contributed by atoms with Gasteiger partial charge in [0.2, 0.25) is 23.6 Å². The molecular formula is C39H75N7O12. The van der Waals surface area contributed by atoms with Gasteiger partial charge >= 0.3 is 5.97 Å². The van der Waals surface area contributed by atoms with Crippen LogP contribution in [0.4, 0.5) is 0 Å². The molecule has 0 unspecified atom stereocenters. The third-order valence-corrected chi connectivity index (χ3v) is 8.94. The molecular weight excluding hydrogens is 758 g/mol. The summed E-state index contributed by atoms with van der Waals surface area (Å²) in [6.45, 7) is 1.94. The minimum atomic E-state index is -1.00. The third-order valence-electron chi connectivity index (χ3n) is 8.94. The van der Waals surface area contributed by atoms with Crippen LogP contribution >= 0.6 is 0 Å². The zero-order chi connectivity index (χ0) is 42.9. The number of carboxylic acid groups (broad SMARTS) is 1. The van der Waals surface area contributed by atoms with E-state index in [1.807, 2.05) is 0 Å². The molecule has 0 spiro atoms. The first-order valence-corrected chi connectivity index (χ1v) is 21.0. The molecule has 58 heavy (non-hydrogen) atoms. The molecule has 19 heteroatoms. The summed E-state index contributed by atoms with van der Waals surface area (Å²) in [5, 5.41) is 31.6. The van der Waals surface area contributed by atoms with Crippen molar-refractivity contribution in [2.75, 3.05) is 92.3 Å². The highest BCUT2D eigenvalue weighted by atomic mass is 16.5. The molecule has 0 aromatic heterocycles. The zero-order valence-corrected chi connectivity index (χ0v) is 34.7. The lowest BCUT2D eigenvalue weighted by Crippen LogP contribution is -2.50. The topological polar surface area (TPSA) is 292 Å². The normalized spacial score (nSPS) is 12.2. The Morgan fingerprint density at radius 3 is 1.47 bits per heavy atom. The van der Waals surface area contributed by atoms with Crippen LogP contribution in [0.2, 0.25) is 0 Å². The van der Waals surface area contributed by atoms with Gasteiger partial charge in [-0.05, 0) is 32.1 Å². The number of aliphatic hydroxyl groups is 1. The number of hydrogen-bond acceptors (Lipinski definition) is 14. The van der Waals surface area contributed by atoms with Gasteiger partial charge in [0.1, 0.15) is 19.3 Å². The highest BCUT2D eigenvalue weighted by Gasteiger charge is 2.20. The molecule has 0 fully saturated rings. The molecule has 0 saturated heterocycles. The Balaban J connectivity index is 3.53. The van der Waals surface area contributed by atoms with Gasteiger partial charge in [0.05, 0.1) is 58.8 Å². The van der Waals surface area contributed by atoms with Crippen molar-refractivity contribution in [3.63, 3.8) is 0 Å². The van der Waals surface area contributed by atoms with Crippen molar-refractivity contribution in [2.45, 2.75) is 121 Å². The van der Waals surface area contributed by atoms with Crippen molar-refractivity contribution in [2.24, 2.45) is 11.5 Å². The Kier molecular flexibility index (Phi) is 38.2. The molecule has 4 amide bonds. The molecule has 0 heterocycles. The lowest BCUT2D eigenvalue weighted by molar-refractivity contribution is -0.137. The van der Waals surface area contributed by atoms with Gasteiger partial charge in [0.15, 0.2) is 5.78 Å². The standard InChI is InChI=1S/C39H75N7O12/c40-31-46-32(34(48)27-45-33(28-47)39(41)54)15-13-14-18-42-36(50)29-57-25-24-56-22-20-44-37(51)30-58-26-23-55-21-19-43-35(49)16-11-9-7-5-3-1-2-4-6-8-10-12-17-38(52)53/h32-33,45-47H,1-31,40H2,(H2,41,54)(H,42,50)(H,43,49)(H,44,51)(H,52,53)/t32-,33-/m0/s1. The van der Waals surface area contributed by atoms with Crippen molar-refractivity contribution in [3.05, 3.63) is 0 Å². The molecule has 0 saturated carbocycles. The number of nitrogens with two attached hydrogens (primary N) is 2. The molecule has 0 bridgehead atoms. The first-order valence-electron chi connectivity index (χ1n) is 21.0. The van der Waals surface area contributed by atoms with E-state index in [0.717, 1.165) is 38.5 Å².